The first-order valence-electron chi connectivity index (χ1n) is 9.68. The van der Waals surface area contributed by atoms with Crippen molar-refractivity contribution in [3.05, 3.63) is 88.3 Å². The number of aromatic amines is 1. The van der Waals surface area contributed by atoms with Gasteiger partial charge in [0.15, 0.2) is 0 Å². The molecule has 0 unspecified atom stereocenters. The van der Waals surface area contributed by atoms with Gasteiger partial charge in [-0.05, 0) is 63.9 Å². The first-order valence-corrected chi connectivity index (χ1v) is 9.68. The van der Waals surface area contributed by atoms with Crippen LogP contribution in [0.2, 0.25) is 0 Å². The number of benzene rings is 3. The molecule has 0 saturated heterocycles. The highest BCUT2D eigenvalue weighted by Crippen LogP contribution is 2.27. The van der Waals surface area contributed by atoms with Crippen molar-refractivity contribution in [2.75, 3.05) is 7.11 Å². The number of aromatic nitrogens is 4. The SMILES string of the molecule is CCc1cccc(-n2nn[nH]c2=O)c1COc1cccc(-c2ccc(OC)cc2)c1. The molecule has 4 aromatic rings. The zero-order valence-electron chi connectivity index (χ0n) is 16.8. The van der Waals surface area contributed by atoms with Gasteiger partial charge in [0.05, 0.1) is 12.8 Å². The molecule has 0 fully saturated rings. The molecule has 0 spiro atoms. The molecular weight excluding hydrogens is 380 g/mol. The Labute approximate surface area is 173 Å². The monoisotopic (exact) mass is 402 g/mol. The van der Waals surface area contributed by atoms with E-state index in [0.717, 1.165) is 40.2 Å². The van der Waals surface area contributed by atoms with Crippen LogP contribution in [0.15, 0.2) is 71.5 Å². The van der Waals surface area contributed by atoms with E-state index < -0.39 is 0 Å². The fraction of sp³-hybridized carbons (Fsp3) is 0.174. The third kappa shape index (κ3) is 3.96. The molecule has 7 nitrogen and oxygen atoms in total. The van der Waals surface area contributed by atoms with E-state index in [-0.39, 0.29) is 5.69 Å². The van der Waals surface area contributed by atoms with Crippen LogP contribution < -0.4 is 15.2 Å². The second-order valence-corrected chi connectivity index (χ2v) is 6.73. The number of aryl methyl sites for hydroxylation is 1. The normalized spacial score (nSPS) is 10.7. The van der Waals surface area contributed by atoms with E-state index in [1.54, 1.807) is 7.11 Å². The maximum absolute atomic E-state index is 12.0. The predicted octanol–water partition coefficient (Wildman–Crippen LogP) is 3.77. The number of ether oxygens (including phenoxy) is 2. The Morgan fingerprint density at radius 3 is 2.47 bits per heavy atom. The second kappa shape index (κ2) is 8.65. The van der Waals surface area contributed by atoms with E-state index in [0.29, 0.717) is 12.3 Å². The molecule has 0 aliphatic rings. The highest BCUT2D eigenvalue weighted by Gasteiger charge is 2.13. The lowest BCUT2D eigenvalue weighted by molar-refractivity contribution is 0.304. The Balaban J connectivity index is 1.61. The molecule has 0 aliphatic carbocycles. The number of hydrogen-bond acceptors (Lipinski definition) is 5. The van der Waals surface area contributed by atoms with Gasteiger partial charge < -0.3 is 9.47 Å². The highest BCUT2D eigenvalue weighted by atomic mass is 16.5. The van der Waals surface area contributed by atoms with Gasteiger partial charge in [0.1, 0.15) is 18.1 Å². The Morgan fingerprint density at radius 1 is 0.967 bits per heavy atom. The summed E-state index contributed by atoms with van der Waals surface area (Å²) in [5, 5.41) is 9.81. The Bertz CT molecular complexity index is 1200. The molecular formula is C23H22N4O3. The van der Waals surface area contributed by atoms with Crippen LogP contribution in [0, 0.1) is 0 Å². The summed E-state index contributed by atoms with van der Waals surface area (Å²) in [4.78, 5) is 12.0. The van der Waals surface area contributed by atoms with Crippen LogP contribution in [0.4, 0.5) is 0 Å². The lowest BCUT2D eigenvalue weighted by Crippen LogP contribution is -2.19. The fourth-order valence-corrected chi connectivity index (χ4v) is 3.38. The fourth-order valence-electron chi connectivity index (χ4n) is 3.38. The van der Waals surface area contributed by atoms with Crippen molar-refractivity contribution < 1.29 is 9.47 Å². The van der Waals surface area contributed by atoms with E-state index in [1.807, 2.05) is 66.7 Å². The van der Waals surface area contributed by atoms with Gasteiger partial charge in [-0.2, -0.15) is 4.68 Å². The summed E-state index contributed by atoms with van der Waals surface area (Å²) >= 11 is 0. The van der Waals surface area contributed by atoms with Gasteiger partial charge in [0.2, 0.25) is 0 Å². The molecule has 0 radical (unpaired) electrons. The van der Waals surface area contributed by atoms with Crippen LogP contribution in [-0.4, -0.2) is 27.3 Å². The van der Waals surface area contributed by atoms with Crippen molar-refractivity contribution in [3.8, 4) is 28.3 Å². The van der Waals surface area contributed by atoms with Crippen LogP contribution in [0.3, 0.4) is 0 Å². The molecule has 0 aliphatic heterocycles. The van der Waals surface area contributed by atoms with E-state index in [4.69, 9.17) is 9.47 Å². The first kappa shape index (κ1) is 19.4. The molecule has 0 atom stereocenters. The van der Waals surface area contributed by atoms with E-state index in [2.05, 4.69) is 22.4 Å². The maximum Gasteiger partial charge on any atom is 0.365 e. The van der Waals surface area contributed by atoms with Crippen LogP contribution in [0.5, 0.6) is 11.5 Å². The zero-order valence-corrected chi connectivity index (χ0v) is 16.8. The van der Waals surface area contributed by atoms with Crippen LogP contribution in [0.1, 0.15) is 18.1 Å². The number of tetrazole rings is 1. The largest absolute Gasteiger partial charge is 0.497 e. The molecule has 1 N–H and O–H groups in total. The molecule has 0 amide bonds. The Kier molecular flexibility index (Phi) is 5.61. The van der Waals surface area contributed by atoms with E-state index >= 15 is 0 Å². The number of nitrogens with zero attached hydrogens (tertiary/aromatic N) is 3. The molecule has 30 heavy (non-hydrogen) atoms. The number of rotatable bonds is 7. The van der Waals surface area contributed by atoms with Crippen LogP contribution >= 0.6 is 0 Å². The molecule has 4 rings (SSSR count). The van der Waals surface area contributed by atoms with Crippen molar-refractivity contribution in [1.29, 1.82) is 0 Å². The van der Waals surface area contributed by atoms with Gasteiger partial charge in [0, 0.05) is 5.56 Å². The molecule has 1 heterocycles. The summed E-state index contributed by atoms with van der Waals surface area (Å²) in [6.07, 6.45) is 0.811. The van der Waals surface area contributed by atoms with Crippen molar-refractivity contribution in [2.45, 2.75) is 20.0 Å². The van der Waals surface area contributed by atoms with Crippen molar-refractivity contribution in [1.82, 2.24) is 20.2 Å². The number of hydrogen-bond donors (Lipinski definition) is 1. The maximum atomic E-state index is 12.0. The summed E-state index contributed by atoms with van der Waals surface area (Å²) in [5.41, 5.74) is 4.40. The van der Waals surface area contributed by atoms with E-state index in [9.17, 15) is 4.79 Å². The molecule has 0 bridgehead atoms. The van der Waals surface area contributed by atoms with E-state index in [1.165, 1.54) is 4.68 Å². The average molecular weight is 402 g/mol. The predicted molar refractivity (Wildman–Crippen MR) is 114 cm³/mol. The molecule has 152 valence electrons. The zero-order chi connectivity index (χ0) is 20.9. The van der Waals surface area contributed by atoms with Gasteiger partial charge in [-0.15, -0.1) is 0 Å². The summed E-state index contributed by atoms with van der Waals surface area (Å²) in [6, 6.07) is 21.6. The number of methoxy groups -OCH3 is 1. The minimum Gasteiger partial charge on any atom is -0.497 e. The van der Waals surface area contributed by atoms with Gasteiger partial charge in [-0.1, -0.05) is 43.3 Å². The minimum atomic E-state index is -0.383. The summed E-state index contributed by atoms with van der Waals surface area (Å²) < 4.78 is 12.6. The standard InChI is InChI=1S/C23H22N4O3/c1-3-16-6-5-9-22(27-23(28)24-25-26-27)21(16)15-30-20-8-4-7-18(14-20)17-10-12-19(29-2)13-11-17/h4-14H,3,15H2,1-2H3,(H,24,26,28). The van der Waals surface area contributed by atoms with Crippen LogP contribution in [0.25, 0.3) is 16.8 Å². The molecule has 0 saturated carbocycles. The minimum absolute atomic E-state index is 0.310. The first-order chi connectivity index (χ1) is 14.7. The smallest absolute Gasteiger partial charge is 0.365 e. The third-order valence-electron chi connectivity index (χ3n) is 4.97. The average Bonchev–Trinajstić information content (AvgIpc) is 3.23. The molecule has 1 aromatic heterocycles. The van der Waals surface area contributed by atoms with Gasteiger partial charge in [0.25, 0.3) is 0 Å². The van der Waals surface area contributed by atoms with Gasteiger partial charge >= 0.3 is 5.69 Å². The van der Waals surface area contributed by atoms with Crippen LogP contribution in [-0.2, 0) is 13.0 Å². The topological polar surface area (TPSA) is 82.0 Å². The molecule has 3 aromatic carbocycles. The molecule has 7 heteroatoms. The number of H-pyrrole nitrogens is 1. The van der Waals surface area contributed by atoms with Crippen molar-refractivity contribution in [2.24, 2.45) is 0 Å². The Hall–Kier alpha value is -3.87. The Morgan fingerprint density at radius 2 is 1.77 bits per heavy atom. The lowest BCUT2D eigenvalue weighted by Gasteiger charge is -2.14. The van der Waals surface area contributed by atoms with Crippen molar-refractivity contribution >= 4 is 0 Å². The number of nitrogens with one attached hydrogen (secondary N) is 1. The third-order valence-corrected chi connectivity index (χ3v) is 4.97. The summed E-state index contributed by atoms with van der Waals surface area (Å²) in [6.45, 7) is 2.38. The van der Waals surface area contributed by atoms with Gasteiger partial charge in [-0.3, -0.25) is 0 Å². The second-order valence-electron chi connectivity index (χ2n) is 6.73. The van der Waals surface area contributed by atoms with Crippen molar-refractivity contribution in [3.63, 3.8) is 0 Å². The quantitative estimate of drug-likeness (QED) is 0.509. The lowest BCUT2D eigenvalue weighted by atomic mass is 10.0. The van der Waals surface area contributed by atoms with Gasteiger partial charge in [-0.25, -0.2) is 9.89 Å². The summed E-state index contributed by atoms with van der Waals surface area (Å²) in [5.74, 6) is 1.56. The highest BCUT2D eigenvalue weighted by molar-refractivity contribution is 5.65. The summed E-state index contributed by atoms with van der Waals surface area (Å²) in [7, 11) is 1.65.